The molecule has 1 saturated carbocycles. The highest BCUT2D eigenvalue weighted by Gasteiger charge is 2.37. The van der Waals surface area contributed by atoms with Crippen molar-refractivity contribution in [3.63, 3.8) is 0 Å². The fraction of sp³-hybridized carbons (Fsp3) is 0.500. The number of amides is 1. The Bertz CT molecular complexity index is 647. The lowest BCUT2D eigenvalue weighted by Gasteiger charge is -2.43. The summed E-state index contributed by atoms with van der Waals surface area (Å²) in [5.41, 5.74) is 0.331. The van der Waals surface area contributed by atoms with E-state index in [0.717, 1.165) is 19.3 Å². The molecule has 2 fully saturated rings. The maximum atomic E-state index is 12.8. The number of morpholine rings is 1. The molecule has 0 unspecified atom stereocenters. The summed E-state index contributed by atoms with van der Waals surface area (Å²) in [5.74, 6) is 0.965. The first-order chi connectivity index (χ1) is 10.8. The maximum absolute atomic E-state index is 12.8. The first kappa shape index (κ1) is 13.6. The van der Waals surface area contributed by atoms with E-state index >= 15 is 0 Å². The Morgan fingerprint density at radius 2 is 2.18 bits per heavy atom. The van der Waals surface area contributed by atoms with Gasteiger partial charge in [0.15, 0.2) is 11.5 Å². The standard InChI is InChI=1S/C16H18N2O4/c19-16(11-10-15(22-17-11)14-6-3-8-20-14)18-7-9-21-13-5-2-1-4-12(13)18/h3,6,8,10,12-13H,1-2,4-5,7,9H2/t12-,13+/m1/s1. The molecule has 6 nitrogen and oxygen atoms in total. The van der Waals surface area contributed by atoms with E-state index in [9.17, 15) is 4.79 Å². The SMILES string of the molecule is O=C(c1cc(-c2ccco2)on1)N1CCO[C@H]2CCCC[C@H]21. The molecule has 2 aliphatic rings. The van der Waals surface area contributed by atoms with E-state index in [-0.39, 0.29) is 18.1 Å². The van der Waals surface area contributed by atoms with Crippen LogP contribution in [0.5, 0.6) is 0 Å². The van der Waals surface area contributed by atoms with Gasteiger partial charge in [-0.1, -0.05) is 18.0 Å². The van der Waals surface area contributed by atoms with Crippen molar-refractivity contribution >= 4 is 5.91 Å². The number of rotatable bonds is 2. The first-order valence-electron chi connectivity index (χ1n) is 7.76. The van der Waals surface area contributed by atoms with E-state index in [1.54, 1.807) is 24.5 Å². The Balaban J connectivity index is 1.56. The fourth-order valence-corrected chi connectivity index (χ4v) is 3.41. The molecule has 0 aromatic carbocycles. The van der Waals surface area contributed by atoms with Crippen LogP contribution in [0.1, 0.15) is 36.2 Å². The quantitative estimate of drug-likeness (QED) is 0.853. The van der Waals surface area contributed by atoms with Crippen LogP contribution < -0.4 is 0 Å². The van der Waals surface area contributed by atoms with Crippen molar-refractivity contribution < 1.29 is 18.5 Å². The Kier molecular flexibility index (Phi) is 3.46. The van der Waals surface area contributed by atoms with Crippen molar-refractivity contribution in [2.75, 3.05) is 13.2 Å². The van der Waals surface area contributed by atoms with Gasteiger partial charge in [-0.05, 0) is 25.0 Å². The number of ether oxygens (including phenoxy) is 1. The van der Waals surface area contributed by atoms with E-state index in [0.29, 0.717) is 30.4 Å². The van der Waals surface area contributed by atoms with Gasteiger partial charge in [0.25, 0.3) is 5.91 Å². The van der Waals surface area contributed by atoms with Crippen molar-refractivity contribution in [2.45, 2.75) is 37.8 Å². The van der Waals surface area contributed by atoms with Gasteiger partial charge in [0.05, 0.1) is 25.0 Å². The number of carbonyl (C=O) groups excluding carboxylic acids is 1. The summed E-state index contributed by atoms with van der Waals surface area (Å²) in [5, 5.41) is 3.92. The van der Waals surface area contributed by atoms with Crippen molar-refractivity contribution in [3.8, 4) is 11.5 Å². The molecule has 3 heterocycles. The average Bonchev–Trinajstić information content (AvgIpc) is 3.24. The molecule has 1 saturated heterocycles. The largest absolute Gasteiger partial charge is 0.461 e. The van der Waals surface area contributed by atoms with E-state index in [2.05, 4.69) is 5.16 Å². The van der Waals surface area contributed by atoms with Crippen LogP contribution >= 0.6 is 0 Å². The minimum Gasteiger partial charge on any atom is -0.461 e. The molecular formula is C16H18N2O4. The summed E-state index contributed by atoms with van der Waals surface area (Å²) in [4.78, 5) is 14.7. The summed E-state index contributed by atoms with van der Waals surface area (Å²) in [6, 6.07) is 5.36. The number of furan rings is 1. The zero-order valence-electron chi connectivity index (χ0n) is 12.2. The minimum absolute atomic E-state index is 0.0817. The van der Waals surface area contributed by atoms with Crippen LogP contribution in [0.3, 0.4) is 0 Å². The summed E-state index contributed by atoms with van der Waals surface area (Å²) < 4.78 is 16.3. The van der Waals surface area contributed by atoms with Gasteiger partial charge in [-0.25, -0.2) is 0 Å². The number of aromatic nitrogens is 1. The van der Waals surface area contributed by atoms with Gasteiger partial charge in [-0.2, -0.15) is 0 Å². The summed E-state index contributed by atoms with van der Waals surface area (Å²) in [7, 11) is 0. The lowest BCUT2D eigenvalue weighted by atomic mass is 9.90. The summed E-state index contributed by atoms with van der Waals surface area (Å²) in [6.45, 7) is 1.21. The van der Waals surface area contributed by atoms with E-state index in [1.807, 2.05) is 4.90 Å². The van der Waals surface area contributed by atoms with Crippen molar-refractivity contribution in [1.82, 2.24) is 10.1 Å². The molecule has 0 radical (unpaired) electrons. The van der Waals surface area contributed by atoms with E-state index in [1.165, 1.54) is 6.42 Å². The highest BCUT2D eigenvalue weighted by atomic mass is 16.5. The van der Waals surface area contributed by atoms with Gasteiger partial charge in [0, 0.05) is 12.6 Å². The van der Waals surface area contributed by atoms with Gasteiger partial charge in [-0.3, -0.25) is 4.79 Å². The molecule has 22 heavy (non-hydrogen) atoms. The Labute approximate surface area is 128 Å². The smallest absolute Gasteiger partial charge is 0.276 e. The van der Waals surface area contributed by atoms with Crippen LogP contribution in [0.15, 0.2) is 33.4 Å². The minimum atomic E-state index is -0.0817. The lowest BCUT2D eigenvalue weighted by Crippen LogP contribution is -2.54. The second kappa shape index (κ2) is 5.61. The van der Waals surface area contributed by atoms with Crippen LogP contribution in [0.4, 0.5) is 0 Å². The third kappa shape index (κ3) is 2.33. The number of hydrogen-bond donors (Lipinski definition) is 0. The van der Waals surface area contributed by atoms with Gasteiger partial charge >= 0.3 is 0 Å². The molecule has 2 aromatic heterocycles. The van der Waals surface area contributed by atoms with Crippen LogP contribution in [0.2, 0.25) is 0 Å². The van der Waals surface area contributed by atoms with Crippen LogP contribution in [-0.4, -0.2) is 41.3 Å². The number of carbonyl (C=O) groups is 1. The van der Waals surface area contributed by atoms with Crippen LogP contribution in [0.25, 0.3) is 11.5 Å². The third-order valence-corrected chi connectivity index (χ3v) is 4.49. The van der Waals surface area contributed by atoms with Gasteiger partial charge in [0.2, 0.25) is 5.76 Å². The number of hydrogen-bond acceptors (Lipinski definition) is 5. The fourth-order valence-electron chi connectivity index (χ4n) is 3.41. The molecule has 2 aromatic rings. The lowest BCUT2D eigenvalue weighted by molar-refractivity contribution is -0.0755. The monoisotopic (exact) mass is 302 g/mol. The average molecular weight is 302 g/mol. The predicted molar refractivity (Wildman–Crippen MR) is 77.2 cm³/mol. The highest BCUT2D eigenvalue weighted by molar-refractivity contribution is 5.93. The molecule has 1 aliphatic heterocycles. The molecule has 2 atom stereocenters. The zero-order valence-corrected chi connectivity index (χ0v) is 12.2. The Morgan fingerprint density at radius 1 is 1.27 bits per heavy atom. The van der Waals surface area contributed by atoms with Crippen LogP contribution in [-0.2, 0) is 4.74 Å². The maximum Gasteiger partial charge on any atom is 0.276 e. The molecule has 1 amide bonds. The Morgan fingerprint density at radius 3 is 3.05 bits per heavy atom. The summed E-state index contributed by atoms with van der Waals surface area (Å²) in [6.07, 6.45) is 6.08. The van der Waals surface area contributed by atoms with Gasteiger partial charge in [-0.15, -0.1) is 0 Å². The number of fused-ring (bicyclic) bond motifs is 1. The molecule has 0 N–H and O–H groups in total. The normalized spacial score (nSPS) is 25.0. The van der Waals surface area contributed by atoms with Crippen molar-refractivity contribution in [1.29, 1.82) is 0 Å². The molecule has 6 heteroatoms. The van der Waals surface area contributed by atoms with Crippen molar-refractivity contribution in [3.05, 3.63) is 30.2 Å². The second-order valence-electron chi connectivity index (χ2n) is 5.81. The van der Waals surface area contributed by atoms with E-state index in [4.69, 9.17) is 13.7 Å². The summed E-state index contributed by atoms with van der Waals surface area (Å²) >= 11 is 0. The molecule has 4 rings (SSSR count). The predicted octanol–water partition coefficient (Wildman–Crippen LogP) is 2.72. The third-order valence-electron chi connectivity index (χ3n) is 4.49. The van der Waals surface area contributed by atoms with Gasteiger partial charge < -0.3 is 18.6 Å². The van der Waals surface area contributed by atoms with Gasteiger partial charge in [0.1, 0.15) is 0 Å². The zero-order chi connectivity index (χ0) is 14.9. The molecule has 116 valence electrons. The Hall–Kier alpha value is -2.08. The number of nitrogens with zero attached hydrogens (tertiary/aromatic N) is 2. The molecule has 0 spiro atoms. The topological polar surface area (TPSA) is 68.7 Å². The van der Waals surface area contributed by atoms with Crippen molar-refractivity contribution in [2.24, 2.45) is 0 Å². The molecule has 1 aliphatic carbocycles. The van der Waals surface area contributed by atoms with Crippen LogP contribution in [0, 0.1) is 0 Å². The first-order valence-corrected chi connectivity index (χ1v) is 7.76. The van der Waals surface area contributed by atoms with E-state index < -0.39 is 0 Å². The molecule has 0 bridgehead atoms. The second-order valence-corrected chi connectivity index (χ2v) is 5.81. The highest BCUT2D eigenvalue weighted by Crippen LogP contribution is 2.30. The molecular weight excluding hydrogens is 284 g/mol.